The van der Waals surface area contributed by atoms with Crippen LogP contribution in [0.5, 0.6) is 0 Å². The Morgan fingerprint density at radius 3 is 2.61 bits per heavy atom. The third kappa shape index (κ3) is 5.37. The fourth-order valence-electron chi connectivity index (χ4n) is 3.60. The van der Waals surface area contributed by atoms with Gasteiger partial charge in [0.1, 0.15) is 5.01 Å². The van der Waals surface area contributed by atoms with E-state index < -0.39 is 10.0 Å². The van der Waals surface area contributed by atoms with Gasteiger partial charge in [-0.15, -0.1) is 10.2 Å². The van der Waals surface area contributed by atoms with Gasteiger partial charge in [-0.3, -0.25) is 4.79 Å². The fraction of sp³-hybridized carbons (Fsp3) is 0.526. The molecule has 0 radical (unpaired) electrons. The average Bonchev–Trinajstić information content (AvgIpc) is 3.45. The lowest BCUT2D eigenvalue weighted by Gasteiger charge is -2.27. The van der Waals surface area contributed by atoms with Crippen molar-refractivity contribution in [2.75, 3.05) is 55.4 Å². The molecule has 12 heteroatoms. The van der Waals surface area contributed by atoms with Gasteiger partial charge in [0.25, 0.3) is 0 Å². The van der Waals surface area contributed by atoms with Crippen LogP contribution in [0.25, 0.3) is 0 Å². The zero-order valence-electron chi connectivity index (χ0n) is 17.2. The number of nitrogens with zero attached hydrogens (tertiary/aromatic N) is 4. The molecular weight excluding hydrogens is 458 g/mol. The van der Waals surface area contributed by atoms with Crippen molar-refractivity contribution in [3.63, 3.8) is 0 Å². The highest BCUT2D eigenvalue weighted by molar-refractivity contribution is 8.01. The number of anilines is 2. The zero-order valence-corrected chi connectivity index (χ0v) is 19.7. The highest BCUT2D eigenvalue weighted by atomic mass is 32.2. The maximum absolute atomic E-state index is 13.1. The van der Waals surface area contributed by atoms with Gasteiger partial charge in [-0.25, -0.2) is 8.42 Å². The van der Waals surface area contributed by atoms with Gasteiger partial charge < -0.3 is 15.0 Å². The minimum atomic E-state index is -3.65. The molecular formula is C19H25N5O4S3. The summed E-state index contributed by atoms with van der Waals surface area (Å²) in [6.07, 6.45) is 2.15. The first-order valence-electron chi connectivity index (χ1n) is 10.1. The molecule has 2 fully saturated rings. The molecule has 0 unspecified atom stereocenters. The Kier molecular flexibility index (Phi) is 7.12. The van der Waals surface area contributed by atoms with Crippen LogP contribution >= 0.6 is 23.1 Å². The lowest BCUT2D eigenvalue weighted by Crippen LogP contribution is -2.40. The molecule has 1 aromatic heterocycles. The van der Waals surface area contributed by atoms with Crippen LogP contribution in [-0.2, 0) is 19.6 Å². The third-order valence-corrected chi connectivity index (χ3v) is 9.00. The molecule has 0 saturated carbocycles. The monoisotopic (exact) mass is 483 g/mol. The van der Waals surface area contributed by atoms with E-state index >= 15 is 0 Å². The van der Waals surface area contributed by atoms with Gasteiger partial charge in [0.15, 0.2) is 4.34 Å². The number of nitrogens with one attached hydrogen (secondary N) is 1. The van der Waals surface area contributed by atoms with E-state index in [9.17, 15) is 13.2 Å². The number of thioether (sulfide) groups is 1. The molecule has 2 saturated heterocycles. The number of carbonyl (C=O) groups excluding carboxylic acids is 1. The van der Waals surface area contributed by atoms with E-state index in [2.05, 4.69) is 20.4 Å². The smallest absolute Gasteiger partial charge is 0.243 e. The molecule has 1 aromatic carbocycles. The van der Waals surface area contributed by atoms with Crippen LogP contribution in [0.2, 0.25) is 0 Å². The van der Waals surface area contributed by atoms with E-state index in [1.165, 1.54) is 27.4 Å². The molecule has 1 N–H and O–H groups in total. The summed E-state index contributed by atoms with van der Waals surface area (Å²) in [5.41, 5.74) is 1.37. The molecule has 0 bridgehead atoms. The Bertz CT molecular complexity index is 1030. The molecule has 2 aliphatic rings. The van der Waals surface area contributed by atoms with E-state index in [4.69, 9.17) is 4.74 Å². The number of benzene rings is 1. The molecule has 0 aliphatic carbocycles. The number of hydrogen-bond donors (Lipinski definition) is 1. The predicted octanol–water partition coefficient (Wildman–Crippen LogP) is 2.20. The van der Waals surface area contributed by atoms with Gasteiger partial charge in [-0.2, -0.15) is 4.31 Å². The van der Waals surface area contributed by atoms with Crippen LogP contribution in [0.15, 0.2) is 27.4 Å². The first kappa shape index (κ1) is 22.5. The largest absolute Gasteiger partial charge is 0.379 e. The number of ether oxygens (including phenoxy) is 1. The first-order valence-corrected chi connectivity index (χ1v) is 13.4. The summed E-state index contributed by atoms with van der Waals surface area (Å²) >= 11 is 2.76. The van der Waals surface area contributed by atoms with Crippen molar-refractivity contribution in [3.05, 3.63) is 23.2 Å². The lowest BCUT2D eigenvalue weighted by molar-refractivity contribution is -0.113. The summed E-state index contributed by atoms with van der Waals surface area (Å²) in [5, 5.41) is 11.8. The molecule has 2 aromatic rings. The van der Waals surface area contributed by atoms with Crippen molar-refractivity contribution in [1.82, 2.24) is 14.5 Å². The van der Waals surface area contributed by atoms with Crippen molar-refractivity contribution < 1.29 is 17.9 Å². The summed E-state index contributed by atoms with van der Waals surface area (Å²) < 4.78 is 33.6. The highest BCUT2D eigenvalue weighted by Crippen LogP contribution is 2.33. The highest BCUT2D eigenvalue weighted by Gasteiger charge is 2.28. The van der Waals surface area contributed by atoms with Crippen molar-refractivity contribution in [2.45, 2.75) is 29.0 Å². The normalized spacial score (nSPS) is 17.8. The number of amides is 1. The van der Waals surface area contributed by atoms with Crippen molar-refractivity contribution in [2.24, 2.45) is 0 Å². The molecule has 4 rings (SSSR count). The van der Waals surface area contributed by atoms with E-state index in [1.54, 1.807) is 18.2 Å². The number of hydrogen-bond acceptors (Lipinski definition) is 9. The molecule has 31 heavy (non-hydrogen) atoms. The summed E-state index contributed by atoms with van der Waals surface area (Å²) in [4.78, 5) is 15.0. The second-order valence-electron chi connectivity index (χ2n) is 7.31. The zero-order chi connectivity index (χ0) is 21.8. The van der Waals surface area contributed by atoms with Crippen LogP contribution in [0.4, 0.5) is 11.4 Å². The number of carbonyl (C=O) groups is 1. The standard InChI is InChI=1S/C19H25N5O4S3/c1-14-21-22-19(30-14)29-13-18(25)20-16-12-15(4-5-17(16)23-6-2-3-7-23)31(26,27)24-8-10-28-11-9-24/h4-5,12H,2-3,6-11,13H2,1H3,(H,20,25). The first-order chi connectivity index (χ1) is 14.9. The number of sulfonamides is 1. The van der Waals surface area contributed by atoms with Crippen LogP contribution < -0.4 is 10.2 Å². The van der Waals surface area contributed by atoms with Crippen molar-refractivity contribution in [1.29, 1.82) is 0 Å². The summed E-state index contributed by atoms with van der Waals surface area (Å²) in [6.45, 7) is 5.07. The maximum atomic E-state index is 13.1. The minimum absolute atomic E-state index is 0.175. The molecule has 0 atom stereocenters. The molecule has 168 valence electrons. The van der Waals surface area contributed by atoms with Crippen molar-refractivity contribution in [3.8, 4) is 0 Å². The quantitative estimate of drug-likeness (QED) is 0.598. The van der Waals surface area contributed by atoms with Crippen LogP contribution in [0.3, 0.4) is 0 Å². The van der Waals surface area contributed by atoms with Gasteiger partial charge in [0, 0.05) is 26.2 Å². The Morgan fingerprint density at radius 1 is 1.19 bits per heavy atom. The van der Waals surface area contributed by atoms with Crippen LogP contribution in [0, 0.1) is 6.92 Å². The Balaban J connectivity index is 1.55. The number of aryl methyl sites for hydroxylation is 1. The Hall–Kier alpha value is -1.73. The Morgan fingerprint density at radius 2 is 1.94 bits per heavy atom. The van der Waals surface area contributed by atoms with E-state index in [-0.39, 0.29) is 16.6 Å². The van der Waals surface area contributed by atoms with Gasteiger partial charge in [0.2, 0.25) is 15.9 Å². The molecule has 2 aliphatic heterocycles. The molecule has 9 nitrogen and oxygen atoms in total. The van der Waals surface area contributed by atoms with E-state index in [0.717, 1.165) is 41.0 Å². The van der Waals surface area contributed by atoms with Gasteiger partial charge in [-0.05, 0) is 38.0 Å². The number of aromatic nitrogens is 2. The van der Waals surface area contributed by atoms with Crippen LogP contribution in [0.1, 0.15) is 17.8 Å². The predicted molar refractivity (Wildman–Crippen MR) is 121 cm³/mol. The maximum Gasteiger partial charge on any atom is 0.243 e. The third-order valence-electron chi connectivity index (χ3n) is 5.13. The second-order valence-corrected chi connectivity index (χ2v) is 11.7. The Labute approximate surface area is 190 Å². The SMILES string of the molecule is Cc1nnc(SCC(=O)Nc2cc(S(=O)(=O)N3CCOCC3)ccc2N2CCCC2)s1. The minimum Gasteiger partial charge on any atom is -0.379 e. The van der Waals surface area contributed by atoms with E-state index in [1.807, 2.05) is 6.92 Å². The van der Waals surface area contributed by atoms with Crippen molar-refractivity contribution >= 4 is 50.4 Å². The lowest BCUT2D eigenvalue weighted by atomic mass is 10.2. The summed E-state index contributed by atoms with van der Waals surface area (Å²) in [7, 11) is -3.65. The molecule has 1 amide bonds. The second kappa shape index (κ2) is 9.82. The van der Waals surface area contributed by atoms with Gasteiger partial charge in [0.05, 0.1) is 35.2 Å². The van der Waals surface area contributed by atoms with E-state index in [0.29, 0.717) is 32.0 Å². The fourth-order valence-corrected chi connectivity index (χ4v) is 6.65. The summed E-state index contributed by atoms with van der Waals surface area (Å²) in [6, 6.07) is 5.01. The van der Waals surface area contributed by atoms with Crippen LogP contribution in [-0.4, -0.2) is 74.0 Å². The van der Waals surface area contributed by atoms with Gasteiger partial charge in [-0.1, -0.05) is 23.1 Å². The number of rotatable bonds is 7. The van der Waals surface area contributed by atoms with Gasteiger partial charge >= 0.3 is 0 Å². The molecule has 3 heterocycles. The summed E-state index contributed by atoms with van der Waals surface area (Å²) in [5.74, 6) is -0.0339. The topological polar surface area (TPSA) is 105 Å². The number of morpholine rings is 1. The average molecular weight is 484 g/mol. The molecule has 0 spiro atoms.